The molecule has 2 aliphatic heterocycles. The van der Waals surface area contributed by atoms with Gasteiger partial charge in [-0.15, -0.1) is 0 Å². The fraction of sp³-hybridized carbons (Fsp3) is 0.0114. The van der Waals surface area contributed by atoms with E-state index in [-0.39, 0.29) is 29.7 Å². The number of nitrogens with zero attached hydrogens (tertiary/aromatic N) is 6. The summed E-state index contributed by atoms with van der Waals surface area (Å²) in [6, 6.07) is 117. The molecule has 10 heteroatoms. The molecular formula is C88H56BF3N6. The summed E-state index contributed by atoms with van der Waals surface area (Å²) in [5.41, 5.74) is 23.0. The Morgan fingerprint density at radius 1 is 0.265 bits per heavy atom. The van der Waals surface area contributed by atoms with E-state index in [4.69, 9.17) is 15.0 Å². The number of benzene rings is 14. The molecular weight excluding hydrogens is 1210 g/mol. The minimum absolute atomic E-state index is 0.0898. The Morgan fingerprint density at radius 3 is 1.11 bits per heavy atom. The van der Waals surface area contributed by atoms with Crippen LogP contribution in [0.1, 0.15) is 5.56 Å². The molecule has 98 heavy (non-hydrogen) atoms. The fourth-order valence-electron chi connectivity index (χ4n) is 14.8. The van der Waals surface area contributed by atoms with Crippen LogP contribution >= 0.6 is 0 Å². The number of hydrogen-bond acceptors (Lipinski definition) is 5. The number of alkyl halides is 3. The molecule has 0 spiro atoms. The maximum atomic E-state index is 15.6. The summed E-state index contributed by atoms with van der Waals surface area (Å²) in [6.45, 7) is -0.160. The first-order valence-electron chi connectivity index (χ1n) is 32.8. The molecule has 0 radical (unpaired) electrons. The summed E-state index contributed by atoms with van der Waals surface area (Å²) in [7, 11) is 0. The summed E-state index contributed by atoms with van der Waals surface area (Å²) < 4.78 is 48.9. The third-order valence-corrected chi connectivity index (χ3v) is 19.2. The Hall–Kier alpha value is -12.7. The SMILES string of the molecule is FC(F)(F)c1ccc(-n2c3ccccc3c3cc(-c4cc5c6c(c4)N(c4cc(-c7ccccc7)cc(-c7ccccc7)c4)c4ccccc4B6c4ccccc4N5c4cc(-c5ccccc5)cc(-c5ccccc5)c4)ccc32)cc1-c1nc(-c2ccccc2)nc(-c2ccccc2)n1. The second kappa shape index (κ2) is 23.7. The zero-order chi connectivity index (χ0) is 65.4. The van der Waals surface area contributed by atoms with Gasteiger partial charge in [-0.25, -0.2) is 15.0 Å². The van der Waals surface area contributed by atoms with Gasteiger partial charge < -0.3 is 14.4 Å². The van der Waals surface area contributed by atoms with Crippen LogP contribution in [-0.2, 0) is 6.18 Å². The van der Waals surface area contributed by atoms with Crippen molar-refractivity contribution in [1.82, 2.24) is 19.5 Å². The van der Waals surface area contributed by atoms with Gasteiger partial charge in [0, 0.05) is 67.3 Å². The van der Waals surface area contributed by atoms with Gasteiger partial charge in [-0.05, 0) is 169 Å². The van der Waals surface area contributed by atoms with Crippen molar-refractivity contribution in [2.75, 3.05) is 9.80 Å². The highest BCUT2D eigenvalue weighted by molar-refractivity contribution is 7.00. The molecule has 0 saturated heterocycles. The monoisotopic (exact) mass is 1260 g/mol. The smallest absolute Gasteiger partial charge is 0.311 e. The second-order valence-electron chi connectivity index (χ2n) is 25.0. The molecule has 0 aliphatic carbocycles. The first kappa shape index (κ1) is 58.0. The maximum absolute atomic E-state index is 15.6. The molecule has 14 aromatic carbocycles. The largest absolute Gasteiger partial charge is 0.417 e. The van der Waals surface area contributed by atoms with Crippen LogP contribution in [0.25, 0.3) is 117 Å². The summed E-state index contributed by atoms with van der Waals surface area (Å²) >= 11 is 0. The third kappa shape index (κ3) is 10.1. The van der Waals surface area contributed by atoms with Crippen LogP contribution in [0, 0.1) is 0 Å². The van der Waals surface area contributed by atoms with Crippen LogP contribution in [0.5, 0.6) is 0 Å². The van der Waals surface area contributed by atoms with Gasteiger partial charge in [0.15, 0.2) is 17.5 Å². The lowest BCUT2D eigenvalue weighted by atomic mass is 9.33. The fourth-order valence-corrected chi connectivity index (χ4v) is 14.8. The summed E-state index contributed by atoms with van der Waals surface area (Å²) in [5, 5.41) is 1.86. The molecule has 2 aromatic heterocycles. The van der Waals surface area contributed by atoms with E-state index in [1.807, 2.05) is 78.9 Å². The van der Waals surface area contributed by atoms with E-state index >= 15 is 13.2 Å². The summed E-state index contributed by atoms with van der Waals surface area (Å²) in [6.07, 6.45) is -4.75. The number of rotatable bonds is 11. The molecule has 18 rings (SSSR count). The predicted octanol–water partition coefficient (Wildman–Crippen LogP) is 21.4. The van der Waals surface area contributed by atoms with Crippen molar-refractivity contribution in [1.29, 1.82) is 0 Å². The Morgan fingerprint density at radius 2 is 0.653 bits per heavy atom. The molecule has 0 fully saturated rings. The van der Waals surface area contributed by atoms with Crippen LogP contribution in [0.15, 0.2) is 340 Å². The number of fused-ring (bicyclic) bond motifs is 7. The molecule has 0 N–H and O–H groups in total. The van der Waals surface area contributed by atoms with Gasteiger partial charge in [0.1, 0.15) is 0 Å². The van der Waals surface area contributed by atoms with Crippen LogP contribution in [0.3, 0.4) is 0 Å². The summed E-state index contributed by atoms with van der Waals surface area (Å²) in [4.78, 5) is 19.5. The lowest BCUT2D eigenvalue weighted by Gasteiger charge is -2.44. The van der Waals surface area contributed by atoms with Crippen molar-refractivity contribution in [3.8, 4) is 95.5 Å². The molecule has 2 aliphatic rings. The zero-order valence-electron chi connectivity index (χ0n) is 52.7. The van der Waals surface area contributed by atoms with Gasteiger partial charge in [-0.3, -0.25) is 0 Å². The Labute approximate surface area is 565 Å². The summed E-state index contributed by atoms with van der Waals surface area (Å²) in [5.74, 6) is 0.436. The molecule has 462 valence electrons. The van der Waals surface area contributed by atoms with Crippen LogP contribution in [0.4, 0.5) is 47.3 Å². The van der Waals surface area contributed by atoms with Gasteiger partial charge in [-0.1, -0.05) is 243 Å². The highest BCUT2D eigenvalue weighted by atomic mass is 19.4. The van der Waals surface area contributed by atoms with E-state index in [0.717, 1.165) is 118 Å². The normalized spacial score (nSPS) is 12.4. The highest BCUT2D eigenvalue weighted by Crippen LogP contribution is 2.50. The van der Waals surface area contributed by atoms with E-state index in [2.05, 4.69) is 257 Å². The van der Waals surface area contributed by atoms with Gasteiger partial charge >= 0.3 is 6.18 Å². The molecule has 0 unspecified atom stereocenters. The van der Waals surface area contributed by atoms with Crippen molar-refractivity contribution in [2.24, 2.45) is 0 Å². The number of hydrogen-bond donors (Lipinski definition) is 0. The average Bonchev–Trinajstić information content (AvgIpc) is 0.781. The molecule has 0 saturated carbocycles. The lowest BCUT2D eigenvalue weighted by Crippen LogP contribution is -2.61. The standard InChI is InChI=1S/C88H56BF3N6/c90-88(91,92)75-45-44-69(56-74(75)87-94-85(61-33-15-5-16-34-61)93-86(95-87)62-35-17-6-18-36-62)96-78-40-22-19-37-72(78)73-53-63(43-46-79(73)96)68-54-82-84-83(55-68)98(71-51-66(59-29-11-3-12-30-59)48-67(52-71)60-31-13-4-14-32-60)81-42-24-21-39-77(81)89(84)76-38-20-23-41-80(76)97(82)70-49-64(57-25-7-1-8-26-57)47-65(50-70)58-27-9-2-10-28-58/h1-56H. The molecule has 0 amide bonds. The van der Waals surface area contributed by atoms with Gasteiger partial charge in [0.25, 0.3) is 6.71 Å². The molecule has 0 bridgehead atoms. The van der Waals surface area contributed by atoms with Crippen molar-refractivity contribution in [3.63, 3.8) is 0 Å². The van der Waals surface area contributed by atoms with Crippen molar-refractivity contribution < 1.29 is 13.2 Å². The van der Waals surface area contributed by atoms with Gasteiger partial charge in [-0.2, -0.15) is 13.2 Å². The second-order valence-corrected chi connectivity index (χ2v) is 25.0. The van der Waals surface area contributed by atoms with E-state index in [0.29, 0.717) is 16.8 Å². The Bertz CT molecular complexity index is 5380. The molecule has 6 nitrogen and oxygen atoms in total. The average molecular weight is 1270 g/mol. The van der Waals surface area contributed by atoms with E-state index < -0.39 is 11.7 Å². The quantitative estimate of drug-likeness (QED) is 0.121. The number of para-hydroxylation sites is 3. The Balaban J connectivity index is 0.884. The molecule has 0 atom stereocenters. The molecule has 4 heterocycles. The first-order valence-corrected chi connectivity index (χ1v) is 32.8. The van der Waals surface area contributed by atoms with Crippen LogP contribution < -0.4 is 26.2 Å². The number of anilines is 6. The van der Waals surface area contributed by atoms with Crippen molar-refractivity contribution in [3.05, 3.63) is 345 Å². The Kier molecular flexibility index (Phi) is 14.0. The van der Waals surface area contributed by atoms with Crippen LogP contribution in [0.2, 0.25) is 0 Å². The zero-order valence-corrected chi connectivity index (χ0v) is 52.7. The van der Waals surface area contributed by atoms with E-state index in [9.17, 15) is 0 Å². The van der Waals surface area contributed by atoms with Crippen molar-refractivity contribution >= 4 is 79.0 Å². The minimum Gasteiger partial charge on any atom is -0.311 e. The topological polar surface area (TPSA) is 50.1 Å². The van der Waals surface area contributed by atoms with E-state index in [1.54, 1.807) is 12.1 Å². The molecule has 16 aromatic rings. The van der Waals surface area contributed by atoms with E-state index in [1.165, 1.54) is 16.4 Å². The number of aromatic nitrogens is 4. The maximum Gasteiger partial charge on any atom is 0.417 e. The highest BCUT2D eigenvalue weighted by Gasteiger charge is 2.44. The first-order chi connectivity index (χ1) is 48.2. The predicted molar refractivity (Wildman–Crippen MR) is 397 cm³/mol. The van der Waals surface area contributed by atoms with Crippen LogP contribution in [-0.4, -0.2) is 26.2 Å². The lowest BCUT2D eigenvalue weighted by molar-refractivity contribution is -0.137. The minimum atomic E-state index is -4.75. The number of halogens is 3. The third-order valence-electron chi connectivity index (χ3n) is 19.2. The van der Waals surface area contributed by atoms with Gasteiger partial charge in [0.2, 0.25) is 0 Å². The van der Waals surface area contributed by atoms with Crippen molar-refractivity contribution in [2.45, 2.75) is 6.18 Å². The van der Waals surface area contributed by atoms with Gasteiger partial charge in [0.05, 0.1) is 16.6 Å².